The summed E-state index contributed by atoms with van der Waals surface area (Å²) in [4.78, 5) is 31.1. The van der Waals surface area contributed by atoms with E-state index in [1.165, 1.54) is 7.11 Å². The number of nitrogens with zero attached hydrogens (tertiary/aromatic N) is 1. The maximum atomic E-state index is 13.4. The molecular weight excluding hydrogens is 428 g/mol. The van der Waals surface area contributed by atoms with E-state index in [0.717, 1.165) is 34.0 Å². The van der Waals surface area contributed by atoms with Gasteiger partial charge in [0.15, 0.2) is 0 Å². The first kappa shape index (κ1) is 23.8. The van der Waals surface area contributed by atoms with Crippen molar-refractivity contribution in [2.75, 3.05) is 20.3 Å². The number of H-pyrrole nitrogens is 1. The second-order valence-corrected chi connectivity index (χ2v) is 8.63. The third kappa shape index (κ3) is 5.23. The molecule has 0 radical (unpaired) electrons. The number of benzene rings is 2. The van der Waals surface area contributed by atoms with Crippen LogP contribution in [0.1, 0.15) is 30.9 Å². The summed E-state index contributed by atoms with van der Waals surface area (Å²) < 4.78 is 10.9. The number of hydrogen-bond acceptors (Lipinski definition) is 4. The number of allylic oxidation sites excluding steroid dienone is 1. The summed E-state index contributed by atoms with van der Waals surface area (Å²) in [6.07, 6.45) is 5.98. The van der Waals surface area contributed by atoms with Gasteiger partial charge in [0.25, 0.3) is 0 Å². The summed E-state index contributed by atoms with van der Waals surface area (Å²) in [5.41, 5.74) is 4.41. The van der Waals surface area contributed by atoms with Crippen molar-refractivity contribution < 1.29 is 19.1 Å². The van der Waals surface area contributed by atoms with Crippen LogP contribution in [-0.4, -0.2) is 42.0 Å². The minimum absolute atomic E-state index is 0.197. The summed E-state index contributed by atoms with van der Waals surface area (Å²) in [5.74, 6) is -1.73. The van der Waals surface area contributed by atoms with Crippen molar-refractivity contribution in [3.63, 3.8) is 0 Å². The first-order valence-electron chi connectivity index (χ1n) is 11.9. The van der Waals surface area contributed by atoms with Crippen LogP contribution >= 0.6 is 0 Å². The molecule has 6 nitrogen and oxygen atoms in total. The van der Waals surface area contributed by atoms with Gasteiger partial charge in [-0.05, 0) is 42.0 Å². The van der Waals surface area contributed by atoms with Gasteiger partial charge in [0.05, 0.1) is 13.7 Å². The predicted molar refractivity (Wildman–Crippen MR) is 132 cm³/mol. The zero-order chi connectivity index (χ0) is 23.9. The second kappa shape index (κ2) is 11.2. The third-order valence-electron chi connectivity index (χ3n) is 6.59. The highest BCUT2D eigenvalue weighted by Crippen LogP contribution is 2.34. The normalized spacial score (nSPS) is 18.2. The average Bonchev–Trinajstić information content (AvgIpc) is 3.29. The summed E-state index contributed by atoms with van der Waals surface area (Å²) in [7, 11) is 1.35. The lowest BCUT2D eigenvalue weighted by Gasteiger charge is -2.35. The molecular formula is C28H32N2O4. The van der Waals surface area contributed by atoms with Gasteiger partial charge in [0.2, 0.25) is 5.91 Å². The zero-order valence-corrected chi connectivity index (χ0v) is 19.8. The van der Waals surface area contributed by atoms with Gasteiger partial charge >= 0.3 is 5.97 Å². The Balaban J connectivity index is 1.46. The quantitative estimate of drug-likeness (QED) is 0.266. The molecule has 0 spiro atoms. The number of carbonyl (C=O) groups is 2. The van der Waals surface area contributed by atoms with E-state index >= 15 is 0 Å². The molecule has 0 saturated carbocycles. The van der Waals surface area contributed by atoms with E-state index in [4.69, 9.17) is 9.47 Å². The number of amides is 1. The number of ether oxygens (including phenoxy) is 2. The minimum atomic E-state index is -0.840. The standard InChI is InChI=1S/C28H32N2O4/c1-3-21-18-30(15-13-22-17-29-25-12-8-7-11-23(22)25)27(31)26(28(32)33-2)24(21)14-16-34-19-20-9-5-4-6-10-20/h4-12,17-18,24,26,29H,3,13-16,19H2,1-2H3/t24-,26+/m1/s1. The van der Waals surface area contributed by atoms with Crippen LogP contribution in [0.3, 0.4) is 0 Å². The van der Waals surface area contributed by atoms with Crippen molar-refractivity contribution in [2.24, 2.45) is 11.8 Å². The lowest BCUT2D eigenvalue weighted by atomic mass is 9.79. The lowest BCUT2D eigenvalue weighted by Crippen LogP contribution is -2.46. The van der Waals surface area contributed by atoms with E-state index in [9.17, 15) is 9.59 Å². The van der Waals surface area contributed by atoms with Gasteiger partial charge < -0.3 is 19.4 Å². The Kier molecular flexibility index (Phi) is 7.80. The molecule has 1 aromatic heterocycles. The average molecular weight is 461 g/mol. The second-order valence-electron chi connectivity index (χ2n) is 8.63. The summed E-state index contributed by atoms with van der Waals surface area (Å²) >= 11 is 0. The van der Waals surface area contributed by atoms with E-state index in [0.29, 0.717) is 32.6 Å². The number of aromatic amines is 1. The Bertz CT molecular complexity index is 1150. The molecule has 178 valence electrons. The van der Waals surface area contributed by atoms with Crippen molar-refractivity contribution in [1.82, 2.24) is 9.88 Å². The van der Waals surface area contributed by atoms with Crippen molar-refractivity contribution in [1.29, 1.82) is 0 Å². The molecule has 1 N–H and O–H groups in total. The number of rotatable bonds is 10. The molecule has 0 bridgehead atoms. The number of carbonyl (C=O) groups excluding carboxylic acids is 2. The van der Waals surface area contributed by atoms with Gasteiger partial charge in [-0.25, -0.2) is 0 Å². The number of fused-ring (bicyclic) bond motifs is 1. The summed E-state index contributed by atoms with van der Waals surface area (Å²) in [6.45, 7) is 3.54. The molecule has 2 heterocycles. The fraction of sp³-hybridized carbons (Fsp3) is 0.357. The third-order valence-corrected chi connectivity index (χ3v) is 6.59. The Labute approximate surface area is 200 Å². The number of methoxy groups -OCH3 is 1. The molecule has 3 aromatic rings. The molecule has 1 amide bonds. The molecule has 1 aliphatic heterocycles. The van der Waals surface area contributed by atoms with Crippen LogP contribution in [0, 0.1) is 11.8 Å². The minimum Gasteiger partial charge on any atom is -0.468 e. The largest absolute Gasteiger partial charge is 0.468 e. The predicted octanol–water partition coefficient (Wildman–Crippen LogP) is 4.86. The fourth-order valence-electron chi connectivity index (χ4n) is 4.75. The smallest absolute Gasteiger partial charge is 0.318 e. The summed E-state index contributed by atoms with van der Waals surface area (Å²) in [6, 6.07) is 18.1. The van der Waals surface area contributed by atoms with Gasteiger partial charge in [0.1, 0.15) is 5.92 Å². The van der Waals surface area contributed by atoms with E-state index in [2.05, 4.69) is 18.0 Å². The maximum Gasteiger partial charge on any atom is 0.318 e. The molecule has 0 saturated heterocycles. The molecule has 0 unspecified atom stereocenters. The van der Waals surface area contributed by atoms with E-state index in [1.807, 2.05) is 60.9 Å². The van der Waals surface area contributed by atoms with E-state index in [-0.39, 0.29) is 11.8 Å². The first-order valence-corrected chi connectivity index (χ1v) is 11.9. The fourth-order valence-corrected chi connectivity index (χ4v) is 4.75. The van der Waals surface area contributed by atoms with Crippen LogP contribution in [0.15, 0.2) is 72.6 Å². The van der Waals surface area contributed by atoms with Crippen LogP contribution in [0.2, 0.25) is 0 Å². The van der Waals surface area contributed by atoms with Gasteiger partial charge in [-0.15, -0.1) is 0 Å². The number of esters is 1. The highest BCUT2D eigenvalue weighted by atomic mass is 16.5. The number of nitrogens with one attached hydrogen (secondary N) is 1. The van der Waals surface area contributed by atoms with Crippen molar-refractivity contribution >= 4 is 22.8 Å². The molecule has 2 aromatic carbocycles. The SMILES string of the molecule is CCC1=CN(CCc2c[nH]c3ccccc23)C(=O)[C@@H](C(=O)OC)[C@@H]1CCOCc1ccccc1. The van der Waals surface area contributed by atoms with Crippen LogP contribution < -0.4 is 0 Å². The van der Waals surface area contributed by atoms with Gasteiger partial charge in [-0.3, -0.25) is 9.59 Å². The summed E-state index contributed by atoms with van der Waals surface area (Å²) in [5, 5.41) is 1.16. The molecule has 6 heteroatoms. The molecule has 2 atom stereocenters. The van der Waals surface area contributed by atoms with Gasteiger partial charge in [0, 0.05) is 42.4 Å². The van der Waals surface area contributed by atoms with Crippen LogP contribution in [0.5, 0.6) is 0 Å². The van der Waals surface area contributed by atoms with Crippen LogP contribution in [0.4, 0.5) is 0 Å². The molecule has 0 fully saturated rings. The van der Waals surface area contributed by atoms with Crippen molar-refractivity contribution in [3.8, 4) is 0 Å². The maximum absolute atomic E-state index is 13.4. The first-order chi connectivity index (χ1) is 16.6. The number of para-hydroxylation sites is 1. The van der Waals surface area contributed by atoms with Gasteiger partial charge in [-0.1, -0.05) is 55.5 Å². The Morgan fingerprint density at radius 2 is 1.85 bits per heavy atom. The Hall–Kier alpha value is -3.38. The van der Waals surface area contributed by atoms with E-state index in [1.54, 1.807) is 4.90 Å². The molecule has 1 aliphatic rings. The highest BCUT2D eigenvalue weighted by Gasteiger charge is 2.42. The molecule has 34 heavy (non-hydrogen) atoms. The number of aromatic nitrogens is 1. The van der Waals surface area contributed by atoms with Crippen LogP contribution in [0.25, 0.3) is 10.9 Å². The topological polar surface area (TPSA) is 71.6 Å². The lowest BCUT2D eigenvalue weighted by molar-refractivity contribution is -0.156. The van der Waals surface area contributed by atoms with Gasteiger partial charge in [-0.2, -0.15) is 0 Å². The molecule has 0 aliphatic carbocycles. The van der Waals surface area contributed by atoms with Crippen LogP contribution in [-0.2, 0) is 32.1 Å². The van der Waals surface area contributed by atoms with Crippen molar-refractivity contribution in [2.45, 2.75) is 32.8 Å². The molecule has 4 rings (SSSR count). The number of hydrogen-bond donors (Lipinski definition) is 1. The Morgan fingerprint density at radius 1 is 1.09 bits per heavy atom. The van der Waals surface area contributed by atoms with Crippen molar-refractivity contribution in [3.05, 3.63) is 83.7 Å². The van der Waals surface area contributed by atoms with E-state index < -0.39 is 11.9 Å². The zero-order valence-electron chi connectivity index (χ0n) is 19.8. The Morgan fingerprint density at radius 3 is 2.62 bits per heavy atom. The monoisotopic (exact) mass is 460 g/mol. The highest BCUT2D eigenvalue weighted by molar-refractivity contribution is 5.99.